The molecule has 0 unspecified atom stereocenters. The molecule has 3 N–H and O–H groups in total. The van der Waals surface area contributed by atoms with Gasteiger partial charge in [-0.25, -0.2) is 0 Å². The van der Waals surface area contributed by atoms with Gasteiger partial charge in [0.05, 0.1) is 11.9 Å². The number of nitrogens with one attached hydrogen (secondary N) is 1. The third-order valence-electron chi connectivity index (χ3n) is 2.28. The molecule has 0 aliphatic carbocycles. The minimum absolute atomic E-state index is 0.718. The van der Waals surface area contributed by atoms with E-state index in [1.54, 1.807) is 17.5 Å². The molecular weight excluding hydrogens is 218 g/mol. The van der Waals surface area contributed by atoms with Gasteiger partial charge in [-0.3, -0.25) is 4.98 Å². The van der Waals surface area contributed by atoms with Crippen molar-refractivity contribution in [2.24, 2.45) is 0 Å². The van der Waals surface area contributed by atoms with Crippen molar-refractivity contribution < 1.29 is 0 Å². The lowest BCUT2D eigenvalue weighted by atomic mass is 10.2. The fourth-order valence-electron chi connectivity index (χ4n) is 1.43. The van der Waals surface area contributed by atoms with Gasteiger partial charge < -0.3 is 11.1 Å². The molecular formula is C12H15N3S. The van der Waals surface area contributed by atoms with Crippen LogP contribution in [0, 0.1) is 0 Å². The number of nitrogen functional groups attached to an aromatic ring is 1. The van der Waals surface area contributed by atoms with Crippen molar-refractivity contribution in [3.8, 4) is 0 Å². The molecule has 0 fully saturated rings. The van der Waals surface area contributed by atoms with E-state index in [0.29, 0.717) is 0 Å². The second kappa shape index (κ2) is 5.63. The van der Waals surface area contributed by atoms with Gasteiger partial charge in [0.1, 0.15) is 0 Å². The van der Waals surface area contributed by atoms with Crippen molar-refractivity contribution in [2.45, 2.75) is 13.0 Å². The summed E-state index contributed by atoms with van der Waals surface area (Å²) >= 11 is 1.78. The smallest absolute Gasteiger partial charge is 0.0501 e. The van der Waals surface area contributed by atoms with Gasteiger partial charge in [-0.1, -0.05) is 6.07 Å². The van der Waals surface area contributed by atoms with Gasteiger partial charge in [-0.05, 0) is 23.6 Å². The lowest BCUT2D eigenvalue weighted by Crippen LogP contribution is -2.16. The van der Waals surface area contributed by atoms with E-state index < -0.39 is 0 Å². The highest BCUT2D eigenvalue weighted by Crippen LogP contribution is 2.07. The van der Waals surface area contributed by atoms with Crippen LogP contribution in [0.5, 0.6) is 0 Å². The van der Waals surface area contributed by atoms with Gasteiger partial charge in [-0.2, -0.15) is 0 Å². The van der Waals surface area contributed by atoms with Crippen LogP contribution in [-0.2, 0) is 13.0 Å². The largest absolute Gasteiger partial charge is 0.397 e. The maximum Gasteiger partial charge on any atom is 0.0501 e. The molecule has 0 radical (unpaired) electrons. The molecule has 0 aliphatic heterocycles. The number of hydrogen-bond donors (Lipinski definition) is 2. The van der Waals surface area contributed by atoms with Crippen LogP contribution in [0.2, 0.25) is 0 Å². The third-order valence-corrected chi connectivity index (χ3v) is 3.16. The molecule has 2 aromatic heterocycles. The minimum Gasteiger partial charge on any atom is -0.397 e. The van der Waals surface area contributed by atoms with E-state index in [4.69, 9.17) is 5.73 Å². The first kappa shape index (κ1) is 11.1. The molecule has 3 nitrogen and oxygen atoms in total. The van der Waals surface area contributed by atoms with Crippen molar-refractivity contribution in [3.05, 3.63) is 46.4 Å². The van der Waals surface area contributed by atoms with E-state index in [-0.39, 0.29) is 0 Å². The molecule has 2 rings (SSSR count). The second-order valence-corrected chi connectivity index (χ2v) is 4.62. The number of nitrogens with zero attached hydrogens (tertiary/aromatic N) is 1. The van der Waals surface area contributed by atoms with E-state index in [9.17, 15) is 0 Å². The number of aromatic nitrogens is 1. The van der Waals surface area contributed by atoms with Gasteiger partial charge in [-0.15, -0.1) is 11.3 Å². The summed E-state index contributed by atoms with van der Waals surface area (Å²) in [5.74, 6) is 0. The molecule has 0 saturated heterocycles. The topological polar surface area (TPSA) is 50.9 Å². The first-order valence-electron chi connectivity index (χ1n) is 5.28. The zero-order valence-electron chi connectivity index (χ0n) is 9.02. The van der Waals surface area contributed by atoms with Crippen molar-refractivity contribution in [1.29, 1.82) is 0 Å². The van der Waals surface area contributed by atoms with Crippen molar-refractivity contribution in [3.63, 3.8) is 0 Å². The number of rotatable bonds is 5. The maximum atomic E-state index is 5.57. The average Bonchev–Trinajstić information content (AvgIpc) is 2.80. The third kappa shape index (κ3) is 3.32. The molecule has 0 atom stereocenters. The molecule has 0 bridgehead atoms. The first-order valence-corrected chi connectivity index (χ1v) is 6.16. The first-order chi connectivity index (χ1) is 7.84. The standard InChI is InChI=1S/C12H15N3S/c13-10-3-4-11(15-8-10)5-6-14-9-12-2-1-7-16-12/h1-4,7-8,14H,5-6,9,13H2. The number of hydrogen-bond acceptors (Lipinski definition) is 4. The van der Waals surface area contributed by atoms with Crippen LogP contribution in [0.3, 0.4) is 0 Å². The lowest BCUT2D eigenvalue weighted by molar-refractivity contribution is 0.686. The Morgan fingerprint density at radius 2 is 2.25 bits per heavy atom. The molecule has 0 saturated carbocycles. The van der Waals surface area contributed by atoms with Crippen molar-refractivity contribution in [2.75, 3.05) is 12.3 Å². The molecule has 16 heavy (non-hydrogen) atoms. The molecule has 2 heterocycles. The number of thiophene rings is 1. The van der Waals surface area contributed by atoms with Crippen LogP contribution in [0.4, 0.5) is 5.69 Å². The van der Waals surface area contributed by atoms with E-state index in [1.807, 2.05) is 12.1 Å². The molecule has 0 spiro atoms. The summed E-state index contributed by atoms with van der Waals surface area (Å²) in [4.78, 5) is 5.62. The fourth-order valence-corrected chi connectivity index (χ4v) is 2.10. The van der Waals surface area contributed by atoms with Gasteiger partial charge in [0.15, 0.2) is 0 Å². The Kier molecular flexibility index (Phi) is 3.91. The van der Waals surface area contributed by atoms with E-state index in [1.165, 1.54) is 4.88 Å². The average molecular weight is 233 g/mol. The Bertz CT molecular complexity index is 408. The Labute approximate surface area is 99.3 Å². The Morgan fingerprint density at radius 1 is 1.31 bits per heavy atom. The summed E-state index contributed by atoms with van der Waals surface area (Å²) in [7, 11) is 0. The molecule has 0 amide bonds. The summed E-state index contributed by atoms with van der Waals surface area (Å²) in [6, 6.07) is 8.08. The van der Waals surface area contributed by atoms with Crippen LogP contribution in [-0.4, -0.2) is 11.5 Å². The molecule has 0 aliphatic rings. The van der Waals surface area contributed by atoms with Crippen LogP contribution in [0.15, 0.2) is 35.8 Å². The molecule has 0 aromatic carbocycles. The number of anilines is 1. The van der Waals surface area contributed by atoms with Crippen LogP contribution >= 0.6 is 11.3 Å². The summed E-state index contributed by atoms with van der Waals surface area (Å²) in [5, 5.41) is 5.49. The van der Waals surface area contributed by atoms with E-state index in [2.05, 4.69) is 27.8 Å². The van der Waals surface area contributed by atoms with Crippen molar-refractivity contribution in [1.82, 2.24) is 10.3 Å². The highest BCUT2D eigenvalue weighted by atomic mass is 32.1. The predicted octanol–water partition coefficient (Wildman–Crippen LogP) is 2.06. The Morgan fingerprint density at radius 3 is 2.94 bits per heavy atom. The van der Waals surface area contributed by atoms with Crippen LogP contribution in [0.25, 0.3) is 0 Å². The molecule has 4 heteroatoms. The number of nitrogens with two attached hydrogens (primary N) is 1. The van der Waals surface area contributed by atoms with Crippen LogP contribution in [0.1, 0.15) is 10.6 Å². The highest BCUT2D eigenvalue weighted by molar-refractivity contribution is 7.09. The minimum atomic E-state index is 0.718. The highest BCUT2D eigenvalue weighted by Gasteiger charge is 1.95. The van der Waals surface area contributed by atoms with Gasteiger partial charge >= 0.3 is 0 Å². The predicted molar refractivity (Wildman–Crippen MR) is 68.4 cm³/mol. The fraction of sp³-hybridized carbons (Fsp3) is 0.250. The van der Waals surface area contributed by atoms with Gasteiger partial charge in [0.25, 0.3) is 0 Å². The quantitative estimate of drug-likeness (QED) is 0.777. The summed E-state index contributed by atoms with van der Waals surface area (Å²) in [6.45, 7) is 1.88. The van der Waals surface area contributed by atoms with Gasteiger partial charge in [0.2, 0.25) is 0 Å². The summed E-state index contributed by atoms with van der Waals surface area (Å²) in [6.07, 6.45) is 2.64. The Hall–Kier alpha value is -1.39. The summed E-state index contributed by atoms with van der Waals surface area (Å²) in [5.41, 5.74) is 7.36. The Balaban J connectivity index is 1.70. The zero-order valence-corrected chi connectivity index (χ0v) is 9.83. The monoisotopic (exact) mass is 233 g/mol. The molecule has 84 valence electrons. The van der Waals surface area contributed by atoms with Gasteiger partial charge in [0, 0.05) is 30.1 Å². The second-order valence-electron chi connectivity index (χ2n) is 3.59. The zero-order chi connectivity index (χ0) is 11.2. The SMILES string of the molecule is Nc1ccc(CCNCc2cccs2)nc1. The van der Waals surface area contributed by atoms with Crippen LogP contribution < -0.4 is 11.1 Å². The maximum absolute atomic E-state index is 5.57. The van der Waals surface area contributed by atoms with E-state index >= 15 is 0 Å². The normalized spacial score (nSPS) is 10.5. The summed E-state index contributed by atoms with van der Waals surface area (Å²) < 4.78 is 0. The van der Waals surface area contributed by atoms with Crippen molar-refractivity contribution >= 4 is 17.0 Å². The number of pyridine rings is 1. The molecule has 2 aromatic rings. The van der Waals surface area contributed by atoms with E-state index in [0.717, 1.165) is 30.9 Å². The lowest BCUT2D eigenvalue weighted by Gasteiger charge is -2.03.